The van der Waals surface area contributed by atoms with Crippen LogP contribution in [0.5, 0.6) is 0 Å². The fourth-order valence-corrected chi connectivity index (χ4v) is 26.9. The lowest BCUT2D eigenvalue weighted by Gasteiger charge is -2.34. The third-order valence-corrected chi connectivity index (χ3v) is 34.4. The van der Waals surface area contributed by atoms with Crippen LogP contribution in [0.25, 0.3) is 166 Å². The number of benzene rings is 16. The van der Waals surface area contributed by atoms with Crippen LogP contribution < -0.4 is 0 Å². The van der Waals surface area contributed by atoms with Gasteiger partial charge in [0, 0.05) is 37.9 Å². The van der Waals surface area contributed by atoms with E-state index in [1.807, 2.05) is 0 Å². The largest absolute Gasteiger partial charge is 0.0654 e. The Bertz CT molecular complexity index is 7130. The Hall–Kier alpha value is -12.0. The number of rotatable bonds is 20. The van der Waals surface area contributed by atoms with Gasteiger partial charge < -0.3 is 0 Å². The summed E-state index contributed by atoms with van der Waals surface area (Å²) < 4.78 is 0. The minimum atomic E-state index is -0.284. The highest BCUT2D eigenvalue weighted by molar-refractivity contribution is 6.13. The molecule has 0 bridgehead atoms. The quantitative estimate of drug-likeness (QED) is 0.0667. The highest BCUT2D eigenvalue weighted by Crippen LogP contribution is 2.66. The van der Waals surface area contributed by atoms with Crippen molar-refractivity contribution >= 4 is 21.5 Å². The number of hydrogen-bond acceptors (Lipinski definition) is 0. The van der Waals surface area contributed by atoms with Crippen molar-refractivity contribution in [1.82, 2.24) is 0 Å². The second-order valence-corrected chi connectivity index (χ2v) is 44.2. The van der Waals surface area contributed by atoms with Gasteiger partial charge in [0.2, 0.25) is 0 Å². The molecule has 131 heavy (non-hydrogen) atoms. The lowest BCUT2D eigenvalue weighted by Crippen LogP contribution is -2.26. The van der Waals surface area contributed by atoms with Gasteiger partial charge in [0.15, 0.2) is 0 Å². The van der Waals surface area contributed by atoms with Crippen molar-refractivity contribution in [1.29, 1.82) is 0 Å². The monoisotopic (exact) mass is 1700 g/mol. The molecule has 0 fully saturated rings. The van der Waals surface area contributed by atoms with Gasteiger partial charge in [0.25, 0.3) is 0 Å². The lowest BCUT2D eigenvalue weighted by molar-refractivity contribution is 0.398. The molecule has 0 nitrogen and oxygen atoms in total. The summed E-state index contributed by atoms with van der Waals surface area (Å²) in [6.45, 7) is 43.8. The Morgan fingerprint density at radius 1 is 0.168 bits per heavy atom. The molecule has 0 N–H and O–H groups in total. The maximum atomic E-state index is 2.82. The van der Waals surface area contributed by atoms with Crippen LogP contribution in [-0.4, -0.2) is 0 Å². The molecular formula is C131H126. The maximum Gasteiger partial charge on any atom is 0.0215 e. The number of fused-ring (bicyclic) bond motifs is 25. The molecule has 7 aliphatic carbocycles. The topological polar surface area (TPSA) is 0 Å². The molecule has 0 atom stereocenters. The SMILES string of the molecule is CCCCCCCCC1(CCCCCCCC)c2cc3c(cc2-c2cc4c(cc21)-c1c(cc(-c2cc(C)c(-c5ccc6c(c5)C(C)(C)c5cc(-c7ccc8c(c7)C(C)(C)c7ccccc7-8)ccc5-6)cc2C)c2ccccc12)C4(C)C)C(C)(C)c1cc(-c2cc(C)c(-c4ccc5c(c4)C(C)(C)c4cc(-c6ccc7c(c6)C(C)(C)c6ccccc6-7)ccc4-5)cc2C)c2ccccc2c1-3. The van der Waals surface area contributed by atoms with E-state index in [1.54, 1.807) is 11.1 Å². The lowest BCUT2D eigenvalue weighted by atomic mass is 9.69. The first-order valence-corrected chi connectivity index (χ1v) is 49.9. The van der Waals surface area contributed by atoms with Crippen LogP contribution >= 0.6 is 0 Å². The van der Waals surface area contributed by atoms with Crippen LogP contribution in [0.2, 0.25) is 0 Å². The Morgan fingerprint density at radius 2 is 0.412 bits per heavy atom. The molecular weight excluding hydrogens is 1570 g/mol. The Morgan fingerprint density at radius 3 is 0.763 bits per heavy atom. The third kappa shape index (κ3) is 12.3. The summed E-state index contributed by atoms with van der Waals surface area (Å²) in [4.78, 5) is 0. The Balaban J connectivity index is 0.591. The highest BCUT2D eigenvalue weighted by atomic mass is 14.5. The number of unbranched alkanes of at least 4 members (excludes halogenated alkanes) is 10. The molecule has 23 rings (SSSR count). The van der Waals surface area contributed by atoms with Gasteiger partial charge in [-0.1, -0.05) is 368 Å². The molecule has 0 radical (unpaired) electrons. The van der Waals surface area contributed by atoms with Gasteiger partial charge in [-0.05, 0) is 380 Å². The third-order valence-electron chi connectivity index (χ3n) is 34.4. The second kappa shape index (κ2) is 30.0. The van der Waals surface area contributed by atoms with Crippen molar-refractivity contribution in [2.45, 2.75) is 252 Å². The standard InChI is InChI=1S/C131H126/c1-19-21-23-25-27-37-59-131(60-38-28-26-24-22-20-2)119-75-107-117(129(15,16)121-71-103(87-39-29-31-43-97(87)123(107)121)101-63-77(3)99(61-79(101)5)85-51-57-95-93-55-49-83(67-113(93)127(11,12)115(95)69-85)81-47-53-91-89-41-33-35-45-109(89)125(7,8)111(91)65-81)73-105(119)106-74-118-108(76-120(106)131)124-98-44-32-30-40-88(98)104(72-122(124)130(118,17)18)102-64-78(4)100(62-80(102)6)86-52-58-96-94-56-50-84(68-114(94)128(13,14)116(96)70-86)82-48-54-92-90-42-34-36-46-110(90)126(9,10)112(92)66-82/h29-36,39-58,61-76H,19-28,37-38,59-60H2,1-18H3. The number of hydrogen-bond donors (Lipinski definition) is 0. The summed E-state index contributed by atoms with van der Waals surface area (Å²) in [5.41, 5.74) is 59.6. The van der Waals surface area contributed by atoms with E-state index in [9.17, 15) is 0 Å². The molecule has 0 heterocycles. The van der Waals surface area contributed by atoms with Crippen LogP contribution in [0.15, 0.2) is 267 Å². The maximum absolute atomic E-state index is 2.82. The average Bonchev–Trinajstić information content (AvgIpc) is 1.51. The van der Waals surface area contributed by atoms with E-state index < -0.39 is 0 Å². The van der Waals surface area contributed by atoms with E-state index in [-0.39, 0.29) is 37.9 Å². The summed E-state index contributed by atoms with van der Waals surface area (Å²) in [5, 5.41) is 5.41. The van der Waals surface area contributed by atoms with Gasteiger partial charge >= 0.3 is 0 Å². The number of aryl methyl sites for hydroxylation is 4. The molecule has 16 aromatic rings. The fourth-order valence-electron chi connectivity index (χ4n) is 26.9. The first kappa shape index (κ1) is 83.4. The summed E-state index contributed by atoms with van der Waals surface area (Å²) >= 11 is 0. The summed E-state index contributed by atoms with van der Waals surface area (Å²) in [5.74, 6) is 0. The fraction of sp³-hybridized carbons (Fsp3) is 0.298. The highest BCUT2D eigenvalue weighted by Gasteiger charge is 2.50. The molecule has 0 spiro atoms. The molecule has 650 valence electrons. The molecule has 7 aliphatic rings. The van der Waals surface area contributed by atoms with Crippen molar-refractivity contribution in [3.8, 4) is 145 Å². The van der Waals surface area contributed by atoms with Gasteiger partial charge in [-0.25, -0.2) is 0 Å². The van der Waals surface area contributed by atoms with E-state index in [2.05, 4.69) is 392 Å². The first-order valence-electron chi connectivity index (χ1n) is 49.9. The summed E-state index contributed by atoms with van der Waals surface area (Å²) in [6.07, 6.45) is 17.7. The van der Waals surface area contributed by atoms with Crippen molar-refractivity contribution in [3.05, 3.63) is 367 Å². The van der Waals surface area contributed by atoms with Gasteiger partial charge in [-0.3, -0.25) is 0 Å². The molecule has 0 aromatic heterocycles. The predicted molar refractivity (Wildman–Crippen MR) is 561 cm³/mol. The average molecular weight is 1700 g/mol. The van der Waals surface area contributed by atoms with E-state index in [0.29, 0.717) is 0 Å². The Kier molecular flexibility index (Phi) is 19.1. The van der Waals surface area contributed by atoms with E-state index >= 15 is 0 Å². The molecule has 0 unspecified atom stereocenters. The van der Waals surface area contributed by atoms with Crippen molar-refractivity contribution in [2.75, 3.05) is 0 Å². The van der Waals surface area contributed by atoms with Gasteiger partial charge in [0.1, 0.15) is 0 Å². The van der Waals surface area contributed by atoms with Crippen molar-refractivity contribution < 1.29 is 0 Å². The molecule has 16 aromatic carbocycles. The Labute approximate surface area is 780 Å². The predicted octanol–water partition coefficient (Wildman–Crippen LogP) is 36.8. The van der Waals surface area contributed by atoms with Gasteiger partial charge in [0.05, 0.1) is 0 Å². The van der Waals surface area contributed by atoms with Crippen LogP contribution in [0.1, 0.15) is 287 Å². The van der Waals surface area contributed by atoms with Crippen LogP contribution in [0.4, 0.5) is 0 Å². The minimum Gasteiger partial charge on any atom is -0.0654 e. The van der Waals surface area contributed by atoms with Crippen LogP contribution in [0.3, 0.4) is 0 Å². The zero-order valence-electron chi connectivity index (χ0n) is 80.8. The summed E-state index contributed by atoms with van der Waals surface area (Å²) in [6, 6.07) is 107. The second-order valence-electron chi connectivity index (χ2n) is 44.2. The first-order chi connectivity index (χ1) is 63.0. The molecule has 0 aliphatic heterocycles. The van der Waals surface area contributed by atoms with Gasteiger partial charge in [-0.15, -0.1) is 0 Å². The van der Waals surface area contributed by atoms with Crippen LogP contribution in [0, 0.1) is 27.7 Å². The molecule has 0 heteroatoms. The smallest absolute Gasteiger partial charge is 0.0215 e. The zero-order valence-corrected chi connectivity index (χ0v) is 80.8. The van der Waals surface area contributed by atoms with E-state index in [0.717, 1.165) is 12.8 Å². The molecule has 0 saturated heterocycles. The van der Waals surface area contributed by atoms with Crippen molar-refractivity contribution in [2.24, 2.45) is 0 Å². The van der Waals surface area contributed by atoms with Crippen molar-refractivity contribution in [3.63, 3.8) is 0 Å². The zero-order chi connectivity index (χ0) is 90.2. The normalized spacial score (nSPS) is 16.1. The molecule has 0 amide bonds. The molecule has 0 saturated carbocycles. The van der Waals surface area contributed by atoms with Crippen LogP contribution in [-0.2, 0) is 37.9 Å². The van der Waals surface area contributed by atoms with Gasteiger partial charge in [-0.2, -0.15) is 0 Å². The van der Waals surface area contributed by atoms with E-state index in [4.69, 9.17) is 0 Å². The minimum absolute atomic E-state index is 0.0508. The summed E-state index contributed by atoms with van der Waals surface area (Å²) in [7, 11) is 0. The van der Waals surface area contributed by atoms with E-state index in [1.165, 1.54) is 332 Å².